The van der Waals surface area contributed by atoms with Crippen molar-refractivity contribution in [2.24, 2.45) is 0 Å². The van der Waals surface area contributed by atoms with E-state index in [1.807, 2.05) is 12.1 Å². The molecule has 0 saturated carbocycles. The SMILES string of the molecule is C=COc1c(Br)cc(Br)cc1Br. The normalized spacial score (nSPS) is 9.58. The highest BCUT2D eigenvalue weighted by atomic mass is 79.9. The molecule has 1 rings (SSSR count). The molecule has 0 aliphatic carbocycles. The van der Waals surface area contributed by atoms with Crippen molar-refractivity contribution < 1.29 is 4.74 Å². The van der Waals surface area contributed by atoms with Gasteiger partial charge in [0.2, 0.25) is 0 Å². The van der Waals surface area contributed by atoms with Gasteiger partial charge in [0.1, 0.15) is 0 Å². The Morgan fingerprint density at radius 3 is 2.08 bits per heavy atom. The number of benzene rings is 1. The minimum atomic E-state index is 0.730. The molecular formula is C8H5Br3O. The zero-order valence-electron chi connectivity index (χ0n) is 5.98. The Morgan fingerprint density at radius 2 is 1.67 bits per heavy atom. The molecule has 1 nitrogen and oxygen atoms in total. The Balaban J connectivity index is 3.18. The van der Waals surface area contributed by atoms with Crippen molar-refractivity contribution in [1.82, 2.24) is 0 Å². The quantitative estimate of drug-likeness (QED) is 0.709. The average Bonchev–Trinajstić information content (AvgIpc) is 1.96. The van der Waals surface area contributed by atoms with Gasteiger partial charge in [-0.2, -0.15) is 0 Å². The average molecular weight is 357 g/mol. The summed E-state index contributed by atoms with van der Waals surface area (Å²) < 4.78 is 7.91. The van der Waals surface area contributed by atoms with E-state index >= 15 is 0 Å². The number of ether oxygens (including phenoxy) is 1. The van der Waals surface area contributed by atoms with Crippen LogP contribution in [0.2, 0.25) is 0 Å². The summed E-state index contributed by atoms with van der Waals surface area (Å²) in [6.45, 7) is 3.49. The monoisotopic (exact) mass is 354 g/mol. The fourth-order valence-electron chi connectivity index (χ4n) is 0.725. The molecule has 0 aliphatic rings. The van der Waals surface area contributed by atoms with Crippen molar-refractivity contribution in [2.75, 3.05) is 0 Å². The summed E-state index contributed by atoms with van der Waals surface area (Å²) in [4.78, 5) is 0. The predicted molar refractivity (Wildman–Crippen MR) is 60.4 cm³/mol. The van der Waals surface area contributed by atoms with Gasteiger partial charge in [-0.3, -0.25) is 0 Å². The first-order valence-corrected chi connectivity index (χ1v) is 5.45. The summed E-state index contributed by atoms with van der Waals surface area (Å²) in [5, 5.41) is 0. The molecule has 0 atom stereocenters. The molecule has 0 aliphatic heterocycles. The molecule has 0 N–H and O–H groups in total. The summed E-state index contributed by atoms with van der Waals surface area (Å²) in [5.74, 6) is 0.730. The fourth-order valence-corrected chi connectivity index (χ4v) is 3.17. The predicted octanol–water partition coefficient (Wildman–Crippen LogP) is 4.50. The van der Waals surface area contributed by atoms with E-state index in [0.717, 1.165) is 19.2 Å². The van der Waals surface area contributed by atoms with Crippen LogP contribution in [0.15, 0.2) is 38.4 Å². The Hall–Kier alpha value is 0.200. The molecule has 0 heterocycles. The van der Waals surface area contributed by atoms with Crippen molar-refractivity contribution in [3.8, 4) is 5.75 Å². The van der Waals surface area contributed by atoms with Gasteiger partial charge in [-0.1, -0.05) is 22.5 Å². The summed E-state index contributed by atoms with van der Waals surface area (Å²) in [6.07, 6.45) is 1.39. The van der Waals surface area contributed by atoms with Gasteiger partial charge in [-0.15, -0.1) is 0 Å². The first-order valence-electron chi connectivity index (χ1n) is 3.07. The fraction of sp³-hybridized carbons (Fsp3) is 0. The van der Waals surface area contributed by atoms with E-state index in [-0.39, 0.29) is 0 Å². The Labute approximate surface area is 96.2 Å². The van der Waals surface area contributed by atoms with Gasteiger partial charge in [-0.25, -0.2) is 0 Å². The molecule has 0 fully saturated rings. The molecule has 0 spiro atoms. The van der Waals surface area contributed by atoms with E-state index in [9.17, 15) is 0 Å². The molecule has 12 heavy (non-hydrogen) atoms. The van der Waals surface area contributed by atoms with Gasteiger partial charge in [0.25, 0.3) is 0 Å². The second-order valence-corrected chi connectivity index (χ2v) is 4.61. The van der Waals surface area contributed by atoms with Gasteiger partial charge >= 0.3 is 0 Å². The summed E-state index contributed by atoms with van der Waals surface area (Å²) >= 11 is 10.1. The smallest absolute Gasteiger partial charge is 0.154 e. The van der Waals surface area contributed by atoms with Crippen LogP contribution in [0.1, 0.15) is 0 Å². The van der Waals surface area contributed by atoms with Crippen LogP contribution in [0, 0.1) is 0 Å². The van der Waals surface area contributed by atoms with Crippen molar-refractivity contribution >= 4 is 47.8 Å². The first-order chi connectivity index (χ1) is 5.65. The van der Waals surface area contributed by atoms with Gasteiger partial charge in [0.05, 0.1) is 15.2 Å². The maximum atomic E-state index is 5.17. The van der Waals surface area contributed by atoms with E-state index in [4.69, 9.17) is 4.74 Å². The molecule has 0 amide bonds. The third-order valence-corrected chi connectivity index (χ3v) is 2.80. The molecule has 0 unspecified atom stereocenters. The topological polar surface area (TPSA) is 9.23 Å². The van der Waals surface area contributed by atoms with Gasteiger partial charge in [-0.05, 0) is 44.0 Å². The molecular weight excluding hydrogens is 352 g/mol. The van der Waals surface area contributed by atoms with Crippen molar-refractivity contribution in [1.29, 1.82) is 0 Å². The maximum absolute atomic E-state index is 5.17. The van der Waals surface area contributed by atoms with E-state index in [1.54, 1.807) is 0 Å². The molecule has 64 valence electrons. The molecule has 1 aromatic rings. The highest BCUT2D eigenvalue weighted by Crippen LogP contribution is 2.36. The number of hydrogen-bond donors (Lipinski definition) is 0. The van der Waals surface area contributed by atoms with Crippen LogP contribution in [0.5, 0.6) is 5.75 Å². The summed E-state index contributed by atoms with van der Waals surface area (Å²) in [7, 11) is 0. The minimum absolute atomic E-state index is 0.730. The Kier molecular flexibility index (Phi) is 3.80. The van der Waals surface area contributed by atoms with Crippen molar-refractivity contribution in [2.45, 2.75) is 0 Å². The standard InChI is InChI=1S/C8H5Br3O/c1-2-12-8-6(10)3-5(9)4-7(8)11/h2-4H,1H2. The molecule has 1 aromatic carbocycles. The number of hydrogen-bond acceptors (Lipinski definition) is 1. The van der Waals surface area contributed by atoms with Crippen LogP contribution in [0.4, 0.5) is 0 Å². The van der Waals surface area contributed by atoms with Crippen LogP contribution in [-0.4, -0.2) is 0 Å². The van der Waals surface area contributed by atoms with Gasteiger partial charge < -0.3 is 4.74 Å². The summed E-state index contributed by atoms with van der Waals surface area (Å²) in [6, 6.07) is 3.81. The zero-order chi connectivity index (χ0) is 9.14. The largest absolute Gasteiger partial charge is 0.463 e. The van der Waals surface area contributed by atoms with Crippen LogP contribution in [0.3, 0.4) is 0 Å². The van der Waals surface area contributed by atoms with E-state index in [2.05, 4.69) is 54.4 Å². The zero-order valence-corrected chi connectivity index (χ0v) is 10.7. The van der Waals surface area contributed by atoms with Gasteiger partial charge in [0.15, 0.2) is 5.75 Å². The number of rotatable bonds is 2. The third kappa shape index (κ3) is 2.34. The lowest BCUT2D eigenvalue weighted by Gasteiger charge is -2.05. The van der Waals surface area contributed by atoms with Crippen LogP contribution in [0.25, 0.3) is 0 Å². The highest BCUT2D eigenvalue weighted by molar-refractivity contribution is 9.11. The molecule has 0 radical (unpaired) electrons. The van der Waals surface area contributed by atoms with E-state index in [0.29, 0.717) is 0 Å². The lowest BCUT2D eigenvalue weighted by Crippen LogP contribution is -1.84. The van der Waals surface area contributed by atoms with Crippen LogP contribution in [-0.2, 0) is 0 Å². The second kappa shape index (κ2) is 4.44. The molecule has 4 heteroatoms. The van der Waals surface area contributed by atoms with Crippen molar-refractivity contribution in [3.05, 3.63) is 38.4 Å². The lowest BCUT2D eigenvalue weighted by atomic mass is 10.3. The first kappa shape index (κ1) is 10.3. The van der Waals surface area contributed by atoms with E-state index in [1.165, 1.54) is 6.26 Å². The Morgan fingerprint density at radius 1 is 1.17 bits per heavy atom. The lowest BCUT2D eigenvalue weighted by molar-refractivity contribution is 0.477. The van der Waals surface area contributed by atoms with Crippen molar-refractivity contribution in [3.63, 3.8) is 0 Å². The molecule has 0 aromatic heterocycles. The van der Waals surface area contributed by atoms with Crippen LogP contribution < -0.4 is 4.74 Å². The highest BCUT2D eigenvalue weighted by Gasteiger charge is 2.06. The summed E-state index contributed by atoms with van der Waals surface area (Å²) in [5.41, 5.74) is 0. The Bertz CT molecular complexity index is 286. The van der Waals surface area contributed by atoms with E-state index < -0.39 is 0 Å². The van der Waals surface area contributed by atoms with Crippen LogP contribution >= 0.6 is 47.8 Å². The molecule has 0 bridgehead atoms. The molecule has 0 saturated heterocycles. The maximum Gasteiger partial charge on any atom is 0.154 e. The van der Waals surface area contributed by atoms with Gasteiger partial charge in [0, 0.05) is 4.47 Å². The number of halogens is 3. The minimum Gasteiger partial charge on any atom is -0.463 e. The second-order valence-electron chi connectivity index (χ2n) is 1.98. The third-order valence-electron chi connectivity index (χ3n) is 1.16.